The van der Waals surface area contributed by atoms with E-state index in [0.717, 1.165) is 25.2 Å². The number of hydrogen-bond donors (Lipinski definition) is 1. The summed E-state index contributed by atoms with van der Waals surface area (Å²) in [5, 5.41) is 9.56. The van der Waals surface area contributed by atoms with Crippen molar-refractivity contribution in [2.24, 2.45) is 11.3 Å². The van der Waals surface area contributed by atoms with Crippen LogP contribution in [0.25, 0.3) is 0 Å². The molecule has 0 amide bonds. The van der Waals surface area contributed by atoms with E-state index in [4.69, 9.17) is 0 Å². The number of benzene rings is 1. The van der Waals surface area contributed by atoms with E-state index in [2.05, 4.69) is 0 Å². The standard InChI is InChI=1S/C15H18FNO4S/c1-22(20,21)11-4-5-13(12(16)7-11)17-8-10-3-2-6-15(10,9-17)14(18)19/h4-5,7,10H,2-3,6,8-9H2,1H3,(H,18,19)/t10-,15+/m0/s1. The minimum Gasteiger partial charge on any atom is -0.481 e. The van der Waals surface area contributed by atoms with E-state index in [9.17, 15) is 22.7 Å². The van der Waals surface area contributed by atoms with Crippen molar-refractivity contribution >= 4 is 21.5 Å². The molecule has 1 aromatic carbocycles. The topological polar surface area (TPSA) is 74.7 Å². The first kappa shape index (κ1) is 15.3. The number of halogens is 1. The molecule has 0 spiro atoms. The molecule has 0 unspecified atom stereocenters. The number of sulfone groups is 1. The maximum absolute atomic E-state index is 14.3. The summed E-state index contributed by atoms with van der Waals surface area (Å²) in [4.78, 5) is 13.3. The monoisotopic (exact) mass is 327 g/mol. The SMILES string of the molecule is CS(=O)(=O)c1ccc(N2C[C@@H]3CCC[C@@]3(C(=O)O)C2)c(F)c1. The number of carboxylic acids is 1. The fraction of sp³-hybridized carbons (Fsp3) is 0.533. The van der Waals surface area contributed by atoms with Gasteiger partial charge in [0.1, 0.15) is 5.82 Å². The molecular formula is C15H18FNO4S. The second-order valence-electron chi connectivity index (χ2n) is 6.32. The number of carboxylic acid groups (broad SMARTS) is 1. The van der Waals surface area contributed by atoms with Crippen LogP contribution in [0.5, 0.6) is 0 Å². The van der Waals surface area contributed by atoms with Gasteiger partial charge >= 0.3 is 5.97 Å². The lowest BCUT2D eigenvalue weighted by Crippen LogP contribution is -2.35. The van der Waals surface area contributed by atoms with Gasteiger partial charge in [-0.05, 0) is 37.0 Å². The lowest BCUT2D eigenvalue weighted by molar-refractivity contribution is -0.149. The minimum absolute atomic E-state index is 0.0268. The van der Waals surface area contributed by atoms with Crippen LogP contribution in [0.15, 0.2) is 23.1 Å². The van der Waals surface area contributed by atoms with Crippen LogP contribution < -0.4 is 4.90 Å². The molecule has 1 saturated heterocycles. The van der Waals surface area contributed by atoms with Crippen LogP contribution in [-0.2, 0) is 14.6 Å². The highest BCUT2D eigenvalue weighted by Gasteiger charge is 2.55. The van der Waals surface area contributed by atoms with Crippen LogP contribution in [0.4, 0.5) is 10.1 Å². The van der Waals surface area contributed by atoms with Crippen molar-refractivity contribution in [1.82, 2.24) is 0 Å². The molecule has 1 saturated carbocycles. The summed E-state index contributed by atoms with van der Waals surface area (Å²) < 4.78 is 37.2. The summed E-state index contributed by atoms with van der Waals surface area (Å²) in [5.74, 6) is -1.41. The third-order valence-electron chi connectivity index (χ3n) is 4.98. The Morgan fingerprint density at radius 1 is 1.45 bits per heavy atom. The third kappa shape index (κ3) is 2.27. The molecule has 7 heteroatoms. The number of anilines is 1. The predicted molar refractivity (Wildman–Crippen MR) is 79.1 cm³/mol. The quantitative estimate of drug-likeness (QED) is 0.918. The summed E-state index contributed by atoms with van der Waals surface area (Å²) >= 11 is 0. The molecule has 3 rings (SSSR count). The molecule has 5 nitrogen and oxygen atoms in total. The fourth-order valence-electron chi connectivity index (χ4n) is 3.80. The van der Waals surface area contributed by atoms with E-state index in [1.807, 2.05) is 0 Å². The van der Waals surface area contributed by atoms with Crippen molar-refractivity contribution in [2.75, 3.05) is 24.2 Å². The van der Waals surface area contributed by atoms with Gasteiger partial charge in [0.2, 0.25) is 0 Å². The molecule has 1 aliphatic carbocycles. The molecule has 0 radical (unpaired) electrons. The summed E-state index contributed by atoms with van der Waals surface area (Å²) in [5.41, 5.74) is -0.510. The van der Waals surface area contributed by atoms with E-state index < -0.39 is 27.0 Å². The van der Waals surface area contributed by atoms with Gasteiger partial charge in [-0.1, -0.05) is 6.42 Å². The van der Waals surface area contributed by atoms with Crippen LogP contribution in [0.1, 0.15) is 19.3 Å². The Bertz CT molecular complexity index is 733. The average molecular weight is 327 g/mol. The van der Waals surface area contributed by atoms with Crippen LogP contribution in [0, 0.1) is 17.2 Å². The highest BCUT2D eigenvalue weighted by Crippen LogP contribution is 2.50. The predicted octanol–water partition coefficient (Wildman–Crippen LogP) is 1.92. The van der Waals surface area contributed by atoms with Crippen LogP contribution in [0.2, 0.25) is 0 Å². The van der Waals surface area contributed by atoms with E-state index >= 15 is 0 Å². The zero-order chi connectivity index (χ0) is 16.1. The Morgan fingerprint density at radius 3 is 2.73 bits per heavy atom. The summed E-state index contributed by atoms with van der Waals surface area (Å²) in [6, 6.07) is 3.81. The van der Waals surface area contributed by atoms with Gasteiger partial charge in [0, 0.05) is 19.3 Å². The highest BCUT2D eigenvalue weighted by atomic mass is 32.2. The Labute approximate surface area is 128 Å². The lowest BCUT2D eigenvalue weighted by atomic mass is 9.81. The Hall–Kier alpha value is -1.63. The Balaban J connectivity index is 1.92. The molecule has 1 N–H and O–H groups in total. The molecule has 1 aliphatic heterocycles. The first-order valence-corrected chi connectivity index (χ1v) is 9.11. The van der Waals surface area contributed by atoms with Gasteiger partial charge in [-0.25, -0.2) is 12.8 Å². The molecule has 1 aromatic rings. The number of hydrogen-bond acceptors (Lipinski definition) is 4. The number of carbonyl (C=O) groups is 1. The van der Waals surface area contributed by atoms with Gasteiger partial charge < -0.3 is 10.0 Å². The van der Waals surface area contributed by atoms with E-state index in [-0.39, 0.29) is 23.0 Å². The molecule has 120 valence electrons. The Kier molecular flexibility index (Phi) is 3.43. The van der Waals surface area contributed by atoms with Crippen molar-refractivity contribution in [3.8, 4) is 0 Å². The minimum atomic E-state index is -3.46. The first-order valence-electron chi connectivity index (χ1n) is 7.22. The lowest BCUT2D eigenvalue weighted by Gasteiger charge is -2.24. The zero-order valence-corrected chi connectivity index (χ0v) is 13.1. The fourth-order valence-corrected chi connectivity index (χ4v) is 4.43. The van der Waals surface area contributed by atoms with Crippen molar-refractivity contribution in [3.05, 3.63) is 24.0 Å². The molecule has 2 atom stereocenters. The second-order valence-corrected chi connectivity index (χ2v) is 8.33. The van der Waals surface area contributed by atoms with Gasteiger partial charge in [-0.15, -0.1) is 0 Å². The number of aliphatic carboxylic acids is 1. The maximum atomic E-state index is 14.3. The molecule has 22 heavy (non-hydrogen) atoms. The molecule has 0 bridgehead atoms. The average Bonchev–Trinajstić information content (AvgIpc) is 2.94. The summed E-state index contributed by atoms with van der Waals surface area (Å²) in [6.45, 7) is 0.781. The van der Waals surface area contributed by atoms with Crippen molar-refractivity contribution in [3.63, 3.8) is 0 Å². The zero-order valence-electron chi connectivity index (χ0n) is 12.3. The van der Waals surface area contributed by atoms with E-state index in [1.54, 1.807) is 4.90 Å². The number of fused-ring (bicyclic) bond motifs is 1. The molecule has 0 aromatic heterocycles. The number of rotatable bonds is 3. The highest BCUT2D eigenvalue weighted by molar-refractivity contribution is 7.90. The number of nitrogens with zero attached hydrogens (tertiary/aromatic N) is 1. The van der Waals surface area contributed by atoms with Crippen LogP contribution >= 0.6 is 0 Å². The Morgan fingerprint density at radius 2 is 2.18 bits per heavy atom. The normalized spacial score (nSPS) is 27.9. The van der Waals surface area contributed by atoms with Gasteiger partial charge in [-0.3, -0.25) is 4.79 Å². The third-order valence-corrected chi connectivity index (χ3v) is 6.09. The largest absolute Gasteiger partial charge is 0.481 e. The van der Waals surface area contributed by atoms with Gasteiger partial charge in [-0.2, -0.15) is 0 Å². The van der Waals surface area contributed by atoms with E-state index in [1.165, 1.54) is 12.1 Å². The molecule has 2 aliphatic rings. The van der Waals surface area contributed by atoms with E-state index in [0.29, 0.717) is 13.0 Å². The molecule has 2 fully saturated rings. The first-order chi connectivity index (χ1) is 10.2. The molecular weight excluding hydrogens is 309 g/mol. The van der Waals surface area contributed by atoms with Crippen molar-refractivity contribution in [2.45, 2.75) is 24.2 Å². The maximum Gasteiger partial charge on any atom is 0.311 e. The second kappa shape index (κ2) is 4.94. The smallest absolute Gasteiger partial charge is 0.311 e. The van der Waals surface area contributed by atoms with Gasteiger partial charge in [0.25, 0.3) is 0 Å². The van der Waals surface area contributed by atoms with Crippen LogP contribution in [-0.4, -0.2) is 38.8 Å². The van der Waals surface area contributed by atoms with Crippen molar-refractivity contribution in [1.29, 1.82) is 0 Å². The van der Waals surface area contributed by atoms with Crippen LogP contribution in [0.3, 0.4) is 0 Å². The summed E-state index contributed by atoms with van der Waals surface area (Å²) in [6.07, 6.45) is 3.37. The van der Waals surface area contributed by atoms with Gasteiger partial charge in [0.05, 0.1) is 16.0 Å². The van der Waals surface area contributed by atoms with Crippen molar-refractivity contribution < 1.29 is 22.7 Å². The summed E-state index contributed by atoms with van der Waals surface area (Å²) in [7, 11) is -3.46. The van der Waals surface area contributed by atoms with Gasteiger partial charge in [0.15, 0.2) is 9.84 Å². The molecule has 1 heterocycles.